The van der Waals surface area contributed by atoms with Gasteiger partial charge in [0.2, 0.25) is 0 Å². The van der Waals surface area contributed by atoms with Crippen LogP contribution in [0.2, 0.25) is 0 Å². The van der Waals surface area contributed by atoms with Gasteiger partial charge in [0.1, 0.15) is 12.1 Å². The standard InChI is InChI=1S/C13H13F3N4O3S/c14-13(15,16)23-11-5-1-9(2-6-11)7-20(10-3-4-10)24(21,22)12-17-8-18-19-12/h1-2,5-6,8,10H,3-4,7H2,(H,17,18,19). The van der Waals surface area contributed by atoms with Crippen molar-refractivity contribution in [3.63, 3.8) is 0 Å². The Kier molecular flexibility index (Phi) is 4.22. The molecule has 0 radical (unpaired) electrons. The number of sulfonamides is 1. The highest BCUT2D eigenvalue weighted by Crippen LogP contribution is 2.33. The van der Waals surface area contributed by atoms with Gasteiger partial charge >= 0.3 is 6.36 Å². The molecular formula is C13H13F3N4O3S. The van der Waals surface area contributed by atoms with E-state index in [1.807, 2.05) is 0 Å². The summed E-state index contributed by atoms with van der Waals surface area (Å²) in [5.74, 6) is -0.359. The Morgan fingerprint density at radius 1 is 1.25 bits per heavy atom. The van der Waals surface area contributed by atoms with Crippen LogP contribution in [0.1, 0.15) is 18.4 Å². The van der Waals surface area contributed by atoms with Crippen LogP contribution < -0.4 is 4.74 Å². The molecule has 1 aliphatic rings. The molecule has 1 aliphatic carbocycles. The summed E-state index contributed by atoms with van der Waals surface area (Å²) in [7, 11) is -3.84. The van der Waals surface area contributed by atoms with Gasteiger partial charge in [-0.1, -0.05) is 12.1 Å². The maximum Gasteiger partial charge on any atom is 0.573 e. The minimum absolute atomic E-state index is 0.0278. The summed E-state index contributed by atoms with van der Waals surface area (Å²) in [5, 5.41) is 5.61. The summed E-state index contributed by atoms with van der Waals surface area (Å²) in [6, 6.07) is 4.94. The number of nitrogens with one attached hydrogen (secondary N) is 1. The number of hydrogen-bond donors (Lipinski definition) is 1. The van der Waals surface area contributed by atoms with E-state index in [0.717, 1.165) is 31.3 Å². The molecule has 3 rings (SSSR count). The second kappa shape index (κ2) is 6.06. The van der Waals surface area contributed by atoms with Crippen molar-refractivity contribution in [2.24, 2.45) is 0 Å². The fraction of sp³-hybridized carbons (Fsp3) is 0.385. The summed E-state index contributed by atoms with van der Waals surface area (Å²) in [5.41, 5.74) is 0.541. The maximum atomic E-state index is 12.6. The van der Waals surface area contributed by atoms with Gasteiger partial charge in [0.25, 0.3) is 15.2 Å². The number of aromatic nitrogens is 3. The highest BCUT2D eigenvalue weighted by atomic mass is 32.2. The van der Waals surface area contributed by atoms with Crippen molar-refractivity contribution in [3.05, 3.63) is 36.2 Å². The predicted octanol–water partition coefficient (Wildman–Crippen LogP) is 2.06. The Balaban J connectivity index is 1.77. The van der Waals surface area contributed by atoms with Gasteiger partial charge in [-0.05, 0) is 30.5 Å². The summed E-state index contributed by atoms with van der Waals surface area (Å²) in [6.45, 7) is 0.0278. The molecule has 7 nitrogen and oxygen atoms in total. The van der Waals surface area contributed by atoms with Crippen LogP contribution in [-0.2, 0) is 16.6 Å². The molecule has 24 heavy (non-hydrogen) atoms. The van der Waals surface area contributed by atoms with E-state index in [4.69, 9.17) is 0 Å². The first-order valence-electron chi connectivity index (χ1n) is 6.97. The third-order valence-electron chi connectivity index (χ3n) is 3.40. The molecular weight excluding hydrogens is 349 g/mol. The molecule has 0 spiro atoms. The van der Waals surface area contributed by atoms with E-state index in [0.29, 0.717) is 5.56 Å². The minimum atomic E-state index is -4.77. The summed E-state index contributed by atoms with van der Waals surface area (Å²) in [6.07, 6.45) is -2.22. The quantitative estimate of drug-likeness (QED) is 0.850. The molecule has 0 bridgehead atoms. The number of H-pyrrole nitrogens is 1. The van der Waals surface area contributed by atoms with Crippen molar-refractivity contribution in [1.29, 1.82) is 0 Å². The SMILES string of the molecule is O=S(=O)(c1ncn[nH]1)N(Cc1ccc(OC(F)(F)F)cc1)C1CC1. The average molecular weight is 362 g/mol. The largest absolute Gasteiger partial charge is 0.573 e. The molecule has 1 fully saturated rings. The molecule has 2 aromatic rings. The first-order valence-corrected chi connectivity index (χ1v) is 8.41. The Morgan fingerprint density at radius 3 is 2.42 bits per heavy atom. The molecule has 0 atom stereocenters. The van der Waals surface area contributed by atoms with Crippen LogP contribution in [0.25, 0.3) is 0 Å². The van der Waals surface area contributed by atoms with Crippen molar-refractivity contribution >= 4 is 10.0 Å². The summed E-state index contributed by atoms with van der Waals surface area (Å²) >= 11 is 0. The van der Waals surface area contributed by atoms with Crippen molar-refractivity contribution < 1.29 is 26.3 Å². The van der Waals surface area contributed by atoms with E-state index in [-0.39, 0.29) is 23.5 Å². The van der Waals surface area contributed by atoms with E-state index < -0.39 is 16.4 Å². The molecule has 0 aliphatic heterocycles. The van der Waals surface area contributed by atoms with Crippen LogP contribution in [-0.4, -0.2) is 40.3 Å². The monoisotopic (exact) mass is 362 g/mol. The van der Waals surface area contributed by atoms with Gasteiger partial charge < -0.3 is 4.74 Å². The van der Waals surface area contributed by atoms with E-state index in [2.05, 4.69) is 19.9 Å². The minimum Gasteiger partial charge on any atom is -0.406 e. The summed E-state index contributed by atoms with van der Waals surface area (Å²) in [4.78, 5) is 3.67. The average Bonchev–Trinajstić information content (AvgIpc) is 3.16. The molecule has 0 saturated heterocycles. The van der Waals surface area contributed by atoms with Crippen LogP contribution >= 0.6 is 0 Å². The number of ether oxygens (including phenoxy) is 1. The van der Waals surface area contributed by atoms with Crippen LogP contribution in [0, 0.1) is 0 Å². The third-order valence-corrected chi connectivity index (χ3v) is 5.13. The molecule has 1 aromatic carbocycles. The first-order chi connectivity index (χ1) is 11.3. The van der Waals surface area contributed by atoms with Crippen molar-refractivity contribution in [2.75, 3.05) is 0 Å². The van der Waals surface area contributed by atoms with Crippen LogP contribution in [0.5, 0.6) is 5.75 Å². The Bertz CT molecular complexity index is 787. The van der Waals surface area contributed by atoms with E-state index in [1.54, 1.807) is 0 Å². The van der Waals surface area contributed by atoms with E-state index >= 15 is 0 Å². The molecule has 1 heterocycles. The molecule has 130 valence electrons. The van der Waals surface area contributed by atoms with Crippen molar-refractivity contribution in [3.8, 4) is 5.75 Å². The second-order valence-electron chi connectivity index (χ2n) is 5.26. The van der Waals surface area contributed by atoms with Crippen molar-refractivity contribution in [1.82, 2.24) is 19.5 Å². The molecule has 11 heteroatoms. The molecule has 1 aromatic heterocycles. The van der Waals surface area contributed by atoms with Crippen LogP contribution in [0.3, 0.4) is 0 Å². The van der Waals surface area contributed by atoms with E-state index in [9.17, 15) is 21.6 Å². The van der Waals surface area contributed by atoms with Gasteiger partial charge in [-0.3, -0.25) is 0 Å². The lowest BCUT2D eigenvalue weighted by atomic mass is 10.2. The predicted molar refractivity (Wildman–Crippen MR) is 75.3 cm³/mol. The molecule has 0 amide bonds. The Morgan fingerprint density at radius 2 is 1.92 bits per heavy atom. The summed E-state index contributed by atoms with van der Waals surface area (Å²) < 4.78 is 66.6. The van der Waals surface area contributed by atoms with Crippen LogP contribution in [0.15, 0.2) is 35.7 Å². The molecule has 0 unspecified atom stereocenters. The number of aromatic amines is 1. The number of halogens is 3. The van der Waals surface area contributed by atoms with Gasteiger partial charge in [-0.15, -0.1) is 13.2 Å². The Hall–Kier alpha value is -2.14. The number of hydrogen-bond acceptors (Lipinski definition) is 5. The normalized spacial score (nSPS) is 15.7. The van der Waals surface area contributed by atoms with Gasteiger partial charge in [0.15, 0.2) is 0 Å². The second-order valence-corrected chi connectivity index (χ2v) is 7.07. The number of rotatable bonds is 6. The highest BCUT2D eigenvalue weighted by Gasteiger charge is 2.39. The zero-order valence-electron chi connectivity index (χ0n) is 12.2. The lowest BCUT2D eigenvalue weighted by molar-refractivity contribution is -0.274. The number of benzene rings is 1. The topological polar surface area (TPSA) is 88.2 Å². The van der Waals surface area contributed by atoms with Crippen molar-refractivity contribution in [2.45, 2.75) is 36.9 Å². The van der Waals surface area contributed by atoms with Gasteiger partial charge in [0.05, 0.1) is 0 Å². The smallest absolute Gasteiger partial charge is 0.406 e. The van der Waals surface area contributed by atoms with Gasteiger partial charge in [0, 0.05) is 12.6 Å². The van der Waals surface area contributed by atoms with Crippen LogP contribution in [0.4, 0.5) is 13.2 Å². The van der Waals surface area contributed by atoms with Gasteiger partial charge in [-0.2, -0.15) is 9.40 Å². The fourth-order valence-electron chi connectivity index (χ4n) is 2.18. The molecule has 1 saturated carbocycles. The lowest BCUT2D eigenvalue weighted by Crippen LogP contribution is -2.33. The van der Waals surface area contributed by atoms with Gasteiger partial charge in [-0.25, -0.2) is 18.5 Å². The lowest BCUT2D eigenvalue weighted by Gasteiger charge is -2.20. The maximum absolute atomic E-state index is 12.6. The molecule has 1 N–H and O–H groups in total. The number of nitrogens with zero attached hydrogens (tertiary/aromatic N) is 3. The zero-order chi connectivity index (χ0) is 17.4. The highest BCUT2D eigenvalue weighted by molar-refractivity contribution is 7.88. The van der Waals surface area contributed by atoms with E-state index in [1.165, 1.54) is 16.4 Å². The first kappa shape index (κ1) is 16.7. The third kappa shape index (κ3) is 3.85. The Labute approximate surface area is 135 Å². The zero-order valence-corrected chi connectivity index (χ0v) is 13.0. The fourth-order valence-corrected chi connectivity index (χ4v) is 3.67. The number of alkyl halides is 3.